The van der Waals surface area contributed by atoms with Crippen LogP contribution in [0.2, 0.25) is 0 Å². The molecule has 0 radical (unpaired) electrons. The zero-order chi connectivity index (χ0) is 13.5. The van der Waals surface area contributed by atoms with Gasteiger partial charge in [-0.25, -0.2) is 4.68 Å². The maximum Gasteiger partial charge on any atom is 0.268 e. The molecule has 0 aromatic carbocycles. The van der Waals surface area contributed by atoms with Gasteiger partial charge in [-0.1, -0.05) is 6.92 Å². The second kappa shape index (κ2) is 7.28. The molecule has 19 heavy (non-hydrogen) atoms. The van der Waals surface area contributed by atoms with Gasteiger partial charge in [-0.15, -0.1) is 0 Å². The van der Waals surface area contributed by atoms with Crippen LogP contribution in [0.1, 0.15) is 39.0 Å². The summed E-state index contributed by atoms with van der Waals surface area (Å²) in [7, 11) is 0. The molecule has 1 aromatic heterocycles. The van der Waals surface area contributed by atoms with E-state index in [0.29, 0.717) is 12.6 Å². The maximum atomic E-state index is 11.9. The summed E-state index contributed by atoms with van der Waals surface area (Å²) in [4.78, 5) is 11.9. The summed E-state index contributed by atoms with van der Waals surface area (Å²) in [6, 6.07) is 1.62. The third-order valence-electron chi connectivity index (χ3n) is 3.37. The third kappa shape index (κ3) is 4.35. The second-order valence-electron chi connectivity index (χ2n) is 5.01. The van der Waals surface area contributed by atoms with Crippen molar-refractivity contribution in [1.82, 2.24) is 9.78 Å². The van der Waals surface area contributed by atoms with E-state index in [9.17, 15) is 4.79 Å². The molecule has 1 atom stereocenters. The molecule has 0 saturated carbocycles. The van der Waals surface area contributed by atoms with E-state index in [-0.39, 0.29) is 5.56 Å². The molecule has 0 aliphatic carbocycles. The van der Waals surface area contributed by atoms with Crippen LogP contribution in [-0.4, -0.2) is 29.0 Å². The first-order chi connectivity index (χ1) is 9.29. The molecule has 106 valence electrons. The monoisotopic (exact) mass is 265 g/mol. The van der Waals surface area contributed by atoms with E-state index in [1.165, 1.54) is 11.1 Å². The van der Waals surface area contributed by atoms with Gasteiger partial charge >= 0.3 is 0 Å². The summed E-state index contributed by atoms with van der Waals surface area (Å²) in [6.07, 6.45) is 7.43. The molecule has 1 aromatic rings. The fraction of sp³-hybridized carbons (Fsp3) is 0.714. The van der Waals surface area contributed by atoms with Gasteiger partial charge in [-0.2, -0.15) is 5.10 Å². The fourth-order valence-corrected chi connectivity index (χ4v) is 2.31. The molecule has 0 bridgehead atoms. The quantitative estimate of drug-likeness (QED) is 0.819. The fourth-order valence-electron chi connectivity index (χ4n) is 2.31. The van der Waals surface area contributed by atoms with Crippen molar-refractivity contribution in [3.8, 4) is 0 Å². The average Bonchev–Trinajstić information content (AvgIpc) is 2.92. The van der Waals surface area contributed by atoms with Gasteiger partial charge in [-0.05, 0) is 32.1 Å². The highest BCUT2D eigenvalue weighted by molar-refractivity contribution is 5.38. The van der Waals surface area contributed by atoms with Crippen molar-refractivity contribution in [3.05, 3.63) is 22.6 Å². The molecule has 1 aliphatic rings. The molecule has 0 amide bonds. The van der Waals surface area contributed by atoms with E-state index in [1.54, 1.807) is 12.3 Å². The highest BCUT2D eigenvalue weighted by atomic mass is 16.5. The lowest BCUT2D eigenvalue weighted by Crippen LogP contribution is -2.23. The Morgan fingerprint density at radius 2 is 2.47 bits per heavy atom. The molecule has 5 heteroatoms. The largest absolute Gasteiger partial charge is 0.384 e. The number of hydrogen-bond donors (Lipinski definition) is 1. The first-order valence-corrected chi connectivity index (χ1v) is 7.22. The molecule has 2 heterocycles. The first kappa shape index (κ1) is 14.1. The Kier molecular flexibility index (Phi) is 5.39. The number of nitrogens with zero attached hydrogens (tertiary/aromatic N) is 2. The van der Waals surface area contributed by atoms with Crippen LogP contribution in [0.4, 0.5) is 5.69 Å². The van der Waals surface area contributed by atoms with Gasteiger partial charge in [0.15, 0.2) is 0 Å². The molecule has 1 N–H and O–H groups in total. The minimum absolute atomic E-state index is 0.0338. The molecule has 5 nitrogen and oxygen atoms in total. The summed E-state index contributed by atoms with van der Waals surface area (Å²) in [5.74, 6) is 0. The van der Waals surface area contributed by atoms with Crippen LogP contribution in [0.3, 0.4) is 0 Å². The van der Waals surface area contributed by atoms with Crippen molar-refractivity contribution >= 4 is 5.69 Å². The molecule has 1 aliphatic heterocycles. The summed E-state index contributed by atoms with van der Waals surface area (Å²) >= 11 is 0. The molecule has 1 saturated heterocycles. The van der Waals surface area contributed by atoms with Crippen LogP contribution in [0, 0.1) is 0 Å². The SMILES string of the molecule is CCCNc1cnn(CCCC2CCCO2)c(=O)c1. The topological polar surface area (TPSA) is 56.1 Å². The highest BCUT2D eigenvalue weighted by Gasteiger charge is 2.14. The van der Waals surface area contributed by atoms with Crippen molar-refractivity contribution in [1.29, 1.82) is 0 Å². The lowest BCUT2D eigenvalue weighted by atomic mass is 10.1. The molecular weight excluding hydrogens is 242 g/mol. The Hall–Kier alpha value is -1.36. The highest BCUT2D eigenvalue weighted by Crippen LogP contribution is 2.16. The number of aromatic nitrogens is 2. The van der Waals surface area contributed by atoms with E-state index in [1.807, 2.05) is 0 Å². The molecular formula is C14H23N3O2. The number of hydrogen-bond acceptors (Lipinski definition) is 4. The minimum atomic E-state index is -0.0338. The van der Waals surface area contributed by atoms with Crippen LogP contribution >= 0.6 is 0 Å². The van der Waals surface area contributed by atoms with Gasteiger partial charge in [0.25, 0.3) is 5.56 Å². The molecule has 0 spiro atoms. The molecule has 2 rings (SSSR count). The van der Waals surface area contributed by atoms with Crippen molar-refractivity contribution in [3.63, 3.8) is 0 Å². The number of anilines is 1. The summed E-state index contributed by atoms with van der Waals surface area (Å²) < 4.78 is 7.10. The predicted octanol–water partition coefficient (Wildman–Crippen LogP) is 2.02. The Bertz CT molecular complexity index is 439. The van der Waals surface area contributed by atoms with Crippen molar-refractivity contribution < 1.29 is 4.74 Å². The van der Waals surface area contributed by atoms with Crippen LogP contribution in [0.15, 0.2) is 17.1 Å². The number of aryl methyl sites for hydroxylation is 1. The first-order valence-electron chi connectivity index (χ1n) is 7.22. The standard InChI is InChI=1S/C14H23N3O2/c1-2-7-15-12-10-14(18)17(16-11-12)8-3-5-13-6-4-9-19-13/h10-11,13,15H,2-9H2,1H3. The van der Waals surface area contributed by atoms with Gasteiger partial charge in [0.2, 0.25) is 0 Å². The zero-order valence-corrected chi connectivity index (χ0v) is 11.6. The Morgan fingerprint density at radius 1 is 1.58 bits per heavy atom. The van der Waals surface area contributed by atoms with E-state index < -0.39 is 0 Å². The van der Waals surface area contributed by atoms with Crippen molar-refractivity contribution in [2.45, 2.75) is 51.7 Å². The number of nitrogens with one attached hydrogen (secondary N) is 1. The van der Waals surface area contributed by atoms with Crippen molar-refractivity contribution in [2.75, 3.05) is 18.5 Å². The summed E-state index contributed by atoms with van der Waals surface area (Å²) in [5.41, 5.74) is 0.774. The van der Waals surface area contributed by atoms with Crippen LogP contribution < -0.4 is 10.9 Å². The lowest BCUT2D eigenvalue weighted by Gasteiger charge is -2.10. The summed E-state index contributed by atoms with van der Waals surface area (Å²) in [6.45, 7) is 4.52. The van der Waals surface area contributed by atoms with Crippen LogP contribution in [0.25, 0.3) is 0 Å². The van der Waals surface area contributed by atoms with Gasteiger partial charge in [0.05, 0.1) is 18.0 Å². The normalized spacial score (nSPS) is 18.7. The van der Waals surface area contributed by atoms with Gasteiger partial charge in [-0.3, -0.25) is 4.79 Å². The predicted molar refractivity (Wildman–Crippen MR) is 75.5 cm³/mol. The van der Waals surface area contributed by atoms with Gasteiger partial charge in [0.1, 0.15) is 0 Å². The molecule has 1 unspecified atom stereocenters. The Morgan fingerprint density at radius 3 is 3.16 bits per heavy atom. The van der Waals surface area contributed by atoms with Gasteiger partial charge < -0.3 is 10.1 Å². The average molecular weight is 265 g/mol. The Balaban J connectivity index is 1.81. The number of ether oxygens (including phenoxy) is 1. The van der Waals surface area contributed by atoms with E-state index in [0.717, 1.165) is 44.5 Å². The third-order valence-corrected chi connectivity index (χ3v) is 3.37. The van der Waals surface area contributed by atoms with E-state index in [2.05, 4.69) is 17.3 Å². The van der Waals surface area contributed by atoms with Gasteiger partial charge in [0, 0.05) is 25.8 Å². The summed E-state index contributed by atoms with van der Waals surface area (Å²) in [5, 5.41) is 7.36. The number of rotatable bonds is 7. The minimum Gasteiger partial charge on any atom is -0.384 e. The Labute approximate surface area is 114 Å². The van der Waals surface area contributed by atoms with Crippen LogP contribution in [-0.2, 0) is 11.3 Å². The lowest BCUT2D eigenvalue weighted by molar-refractivity contribution is 0.101. The second-order valence-corrected chi connectivity index (χ2v) is 5.01. The van der Waals surface area contributed by atoms with Crippen molar-refractivity contribution in [2.24, 2.45) is 0 Å². The van der Waals surface area contributed by atoms with E-state index in [4.69, 9.17) is 4.74 Å². The van der Waals surface area contributed by atoms with Crippen LogP contribution in [0.5, 0.6) is 0 Å². The van der Waals surface area contributed by atoms with E-state index >= 15 is 0 Å². The molecule has 1 fully saturated rings. The smallest absolute Gasteiger partial charge is 0.268 e. The zero-order valence-electron chi connectivity index (χ0n) is 11.6. The maximum absolute atomic E-state index is 11.9.